The highest BCUT2D eigenvalue weighted by atomic mass is 32.2. The molecule has 0 radical (unpaired) electrons. The smallest absolute Gasteiger partial charge is 0.231 e. The number of nitrogens with two attached hydrogens (primary N) is 2. The second kappa shape index (κ2) is 28.1. The zero-order valence-electron chi connectivity index (χ0n) is 29.8. The summed E-state index contributed by atoms with van der Waals surface area (Å²) in [4.78, 5) is 47.3. The first-order valence-corrected chi connectivity index (χ1v) is 17.5. The minimum atomic E-state index is -0.182. The van der Waals surface area contributed by atoms with Crippen molar-refractivity contribution in [2.24, 2.45) is 16.5 Å². The molecule has 0 aliphatic carbocycles. The van der Waals surface area contributed by atoms with Crippen molar-refractivity contribution in [1.29, 1.82) is 0 Å². The van der Waals surface area contributed by atoms with Crippen molar-refractivity contribution in [3.8, 4) is 11.5 Å². The van der Waals surface area contributed by atoms with Crippen molar-refractivity contribution in [3.63, 3.8) is 0 Å². The van der Waals surface area contributed by atoms with Crippen LogP contribution < -0.4 is 36.5 Å². The number of carbonyl (C=O) groups is 3. The van der Waals surface area contributed by atoms with E-state index in [9.17, 15) is 9.59 Å². The molecule has 0 spiro atoms. The fourth-order valence-corrected chi connectivity index (χ4v) is 5.37. The number of aromatic nitrogens is 2. The second-order valence-corrected chi connectivity index (χ2v) is 11.5. The van der Waals surface area contributed by atoms with Gasteiger partial charge in [0.15, 0.2) is 23.1 Å². The maximum atomic E-state index is 12.3. The molecular formula is C34H58N8O5S. The number of unbranched alkanes of at least 4 members (excludes halogenated alkanes) is 6. The highest BCUT2D eigenvalue weighted by Crippen LogP contribution is 2.39. The maximum Gasteiger partial charge on any atom is 0.231 e. The lowest BCUT2D eigenvalue weighted by Gasteiger charge is -2.25. The number of anilines is 2. The van der Waals surface area contributed by atoms with Crippen LogP contribution in [0.2, 0.25) is 0 Å². The number of carbonyl (C=O) groups excluding carboxylic acids is 3. The number of aryl methyl sites for hydroxylation is 1. The average molecular weight is 691 g/mol. The lowest BCUT2D eigenvalue weighted by molar-refractivity contribution is -0.121. The van der Waals surface area contributed by atoms with Gasteiger partial charge in [0.25, 0.3) is 0 Å². The molecule has 0 fully saturated rings. The van der Waals surface area contributed by atoms with Crippen LogP contribution in [-0.4, -0.2) is 74.6 Å². The molecule has 13 nitrogen and oxygen atoms in total. The molecule has 0 saturated heterocycles. The summed E-state index contributed by atoms with van der Waals surface area (Å²) in [5, 5.41) is 6.10. The number of rotatable bonds is 19. The van der Waals surface area contributed by atoms with Crippen LogP contribution >= 0.6 is 11.8 Å². The van der Waals surface area contributed by atoms with Gasteiger partial charge in [-0.1, -0.05) is 52.4 Å². The molecule has 0 unspecified atom stereocenters. The topological polar surface area (TPSA) is 187 Å². The van der Waals surface area contributed by atoms with Gasteiger partial charge < -0.3 is 41.3 Å². The Labute approximate surface area is 291 Å². The first-order chi connectivity index (χ1) is 23.3. The van der Waals surface area contributed by atoms with Crippen LogP contribution in [0.3, 0.4) is 0 Å². The number of nitrogens with zero attached hydrogens (tertiary/aromatic N) is 4. The summed E-state index contributed by atoms with van der Waals surface area (Å²) >= 11 is 1.66. The van der Waals surface area contributed by atoms with Gasteiger partial charge in [-0.15, -0.1) is 11.8 Å². The third-order valence-corrected chi connectivity index (χ3v) is 7.97. The van der Waals surface area contributed by atoms with Crippen LogP contribution in [0.1, 0.15) is 90.5 Å². The Bertz CT molecular complexity index is 1220. The van der Waals surface area contributed by atoms with Gasteiger partial charge in [-0.3, -0.25) is 14.6 Å². The number of thioether (sulfide) groups is 1. The van der Waals surface area contributed by atoms with Crippen molar-refractivity contribution in [1.82, 2.24) is 15.3 Å². The molecule has 1 aromatic heterocycles. The van der Waals surface area contributed by atoms with Crippen LogP contribution in [0.5, 0.6) is 11.5 Å². The van der Waals surface area contributed by atoms with Gasteiger partial charge in [0, 0.05) is 37.9 Å². The van der Waals surface area contributed by atoms with E-state index in [4.69, 9.17) is 20.0 Å². The van der Waals surface area contributed by atoms with E-state index in [0.717, 1.165) is 60.3 Å². The van der Waals surface area contributed by atoms with Crippen LogP contribution in [0.25, 0.3) is 0 Å². The standard InChI is InChI=1S/C25H36N6O3S.C6H13NO.C2H4O.CH5N/c1-5-6-7-8-9-10-22(32)28-11-12-31(25-23(26-3)24(27-4)29-15-30-25)16-35-21-14-20-19(13-18(21)2)33-17-34-20;1-2-3-4-5-6(7)8;1-2-3;1-2/h13-15H,3,5-12,16-17H2,1-2,4H3,(H,28,32)(H,27,29,30);2-5H2,1H3,(H2,7,8);2H,1H3;2H2,1H3. The zero-order chi connectivity index (χ0) is 36.2. The number of amides is 2. The monoisotopic (exact) mass is 690 g/mol. The van der Waals surface area contributed by atoms with E-state index in [-0.39, 0.29) is 18.6 Å². The molecular weight excluding hydrogens is 632 g/mol. The summed E-state index contributed by atoms with van der Waals surface area (Å²) in [5.74, 6) is 3.29. The molecule has 6 N–H and O–H groups in total. The van der Waals surface area contributed by atoms with E-state index in [1.807, 2.05) is 12.1 Å². The minimum Gasteiger partial charge on any atom is -0.454 e. The number of nitrogens with one attached hydrogen (secondary N) is 2. The van der Waals surface area contributed by atoms with Gasteiger partial charge in [0.1, 0.15) is 18.3 Å². The molecule has 1 aliphatic rings. The summed E-state index contributed by atoms with van der Waals surface area (Å²) in [7, 11) is 3.29. The molecule has 2 heterocycles. The Hall–Kier alpha value is -3.91. The first-order valence-electron chi connectivity index (χ1n) is 16.6. The number of aldehydes is 1. The molecule has 48 heavy (non-hydrogen) atoms. The molecule has 3 rings (SSSR count). The zero-order valence-corrected chi connectivity index (χ0v) is 30.6. The fourth-order valence-electron chi connectivity index (χ4n) is 4.35. The normalized spacial score (nSPS) is 10.6. The number of benzene rings is 1. The number of primary amides is 1. The molecule has 1 aliphatic heterocycles. The maximum absolute atomic E-state index is 12.3. The summed E-state index contributed by atoms with van der Waals surface area (Å²) in [6.45, 7) is 12.8. The predicted octanol–water partition coefficient (Wildman–Crippen LogP) is 5.75. The Morgan fingerprint density at radius 3 is 2.25 bits per heavy atom. The van der Waals surface area contributed by atoms with E-state index < -0.39 is 0 Å². The molecule has 0 saturated carbocycles. The van der Waals surface area contributed by atoms with Crippen molar-refractivity contribution in [2.75, 3.05) is 50.1 Å². The van der Waals surface area contributed by atoms with E-state index in [1.54, 1.807) is 18.8 Å². The minimum absolute atomic E-state index is 0.0846. The summed E-state index contributed by atoms with van der Waals surface area (Å²) in [6, 6.07) is 4.00. The molecule has 0 atom stereocenters. The third kappa shape index (κ3) is 17.9. The van der Waals surface area contributed by atoms with Gasteiger partial charge >= 0.3 is 0 Å². The Morgan fingerprint density at radius 2 is 1.65 bits per heavy atom. The van der Waals surface area contributed by atoms with Crippen molar-refractivity contribution in [3.05, 3.63) is 24.0 Å². The average Bonchev–Trinajstić information content (AvgIpc) is 3.54. The number of hydrogen-bond donors (Lipinski definition) is 4. The van der Waals surface area contributed by atoms with E-state index in [0.29, 0.717) is 49.1 Å². The molecule has 14 heteroatoms. The fraction of sp³-hybridized carbons (Fsp3) is 0.588. The largest absolute Gasteiger partial charge is 0.454 e. The Balaban J connectivity index is 0.00000145. The Morgan fingerprint density at radius 1 is 1.04 bits per heavy atom. The number of hydrogen-bond acceptors (Lipinski definition) is 12. The third-order valence-electron chi connectivity index (χ3n) is 6.78. The van der Waals surface area contributed by atoms with Gasteiger partial charge in [-0.25, -0.2) is 9.97 Å². The predicted molar refractivity (Wildman–Crippen MR) is 198 cm³/mol. The molecule has 1 aromatic carbocycles. The molecule has 0 bridgehead atoms. The number of aliphatic imine (C=N–C) groups is 1. The van der Waals surface area contributed by atoms with Crippen molar-refractivity contribution >= 4 is 53.9 Å². The highest BCUT2D eigenvalue weighted by molar-refractivity contribution is 7.99. The lowest BCUT2D eigenvalue weighted by Crippen LogP contribution is -2.35. The van der Waals surface area contributed by atoms with Crippen molar-refractivity contribution in [2.45, 2.75) is 96.8 Å². The van der Waals surface area contributed by atoms with Gasteiger partial charge in [-0.2, -0.15) is 0 Å². The molecule has 270 valence electrons. The van der Waals surface area contributed by atoms with Crippen LogP contribution in [0.15, 0.2) is 28.3 Å². The van der Waals surface area contributed by atoms with Gasteiger partial charge in [0.05, 0.1) is 5.88 Å². The number of ether oxygens (including phenoxy) is 2. The van der Waals surface area contributed by atoms with E-state index in [2.05, 4.69) is 63.7 Å². The molecule has 2 amide bonds. The number of fused-ring (bicyclic) bond motifs is 1. The van der Waals surface area contributed by atoms with Crippen molar-refractivity contribution < 1.29 is 23.9 Å². The van der Waals surface area contributed by atoms with Gasteiger partial charge in [0.2, 0.25) is 18.6 Å². The summed E-state index contributed by atoms with van der Waals surface area (Å²) in [5.41, 5.74) is 11.1. The first kappa shape index (κ1) is 44.1. The van der Waals surface area contributed by atoms with E-state index in [1.165, 1.54) is 39.6 Å². The SMILES string of the molecule is C=Nc1c(NC)ncnc1N(CCNC(=O)CCCCCCC)CSc1cc2c(cc1C)OCO2.CC=O.CCCCCC(N)=O.CN. The summed E-state index contributed by atoms with van der Waals surface area (Å²) < 4.78 is 11.0. The lowest BCUT2D eigenvalue weighted by atomic mass is 10.1. The summed E-state index contributed by atoms with van der Waals surface area (Å²) in [6.07, 6.45) is 12.2. The van der Waals surface area contributed by atoms with Crippen LogP contribution in [-0.2, 0) is 14.4 Å². The van der Waals surface area contributed by atoms with E-state index >= 15 is 0 Å². The molecule has 2 aromatic rings. The van der Waals surface area contributed by atoms with Crippen LogP contribution in [0, 0.1) is 6.92 Å². The Kier molecular flexibility index (Phi) is 25.8. The quantitative estimate of drug-likeness (QED) is 0.0462. The highest BCUT2D eigenvalue weighted by Gasteiger charge is 2.20. The van der Waals surface area contributed by atoms with Gasteiger partial charge in [-0.05, 0) is 58.2 Å². The second-order valence-electron chi connectivity index (χ2n) is 10.5. The van der Waals surface area contributed by atoms with Crippen LogP contribution in [0.4, 0.5) is 17.3 Å².